The van der Waals surface area contributed by atoms with Gasteiger partial charge in [0.2, 0.25) is 0 Å². The van der Waals surface area contributed by atoms with Crippen LogP contribution in [-0.2, 0) is 6.42 Å². The second-order valence-electron chi connectivity index (χ2n) is 3.00. The number of anilines is 1. The van der Waals surface area contributed by atoms with Gasteiger partial charge in [-0.1, -0.05) is 30.3 Å². The Morgan fingerprint density at radius 1 is 1.14 bits per heavy atom. The number of nitrogens with zero attached hydrogens (tertiary/aromatic N) is 3. The van der Waals surface area contributed by atoms with E-state index in [4.69, 9.17) is 5.73 Å². The van der Waals surface area contributed by atoms with Crippen molar-refractivity contribution in [3.63, 3.8) is 0 Å². The Kier molecular flexibility index (Phi) is 2.36. The van der Waals surface area contributed by atoms with Crippen LogP contribution in [0.25, 0.3) is 0 Å². The van der Waals surface area contributed by atoms with Gasteiger partial charge in [0.15, 0.2) is 0 Å². The molecule has 14 heavy (non-hydrogen) atoms. The Labute approximate surface area is 81.8 Å². The third-order valence-electron chi connectivity index (χ3n) is 1.96. The van der Waals surface area contributed by atoms with Crippen molar-refractivity contribution in [1.82, 2.24) is 15.4 Å². The molecule has 4 nitrogen and oxygen atoms in total. The molecule has 0 saturated heterocycles. The fraction of sp³-hybridized carbons (Fsp3) is 0.100. The van der Waals surface area contributed by atoms with E-state index >= 15 is 0 Å². The zero-order chi connectivity index (χ0) is 9.80. The van der Waals surface area contributed by atoms with Gasteiger partial charge < -0.3 is 5.73 Å². The van der Waals surface area contributed by atoms with Gasteiger partial charge in [0.1, 0.15) is 0 Å². The summed E-state index contributed by atoms with van der Waals surface area (Å²) in [6.45, 7) is 0. The summed E-state index contributed by atoms with van der Waals surface area (Å²) in [7, 11) is 0. The minimum Gasteiger partial charge on any atom is -0.396 e. The third kappa shape index (κ3) is 1.85. The Morgan fingerprint density at radius 2 is 1.93 bits per heavy atom. The van der Waals surface area contributed by atoms with Crippen LogP contribution in [0.1, 0.15) is 11.3 Å². The highest BCUT2D eigenvalue weighted by atomic mass is 15.3. The molecule has 0 aliphatic rings. The number of hydrogen-bond acceptors (Lipinski definition) is 4. The first kappa shape index (κ1) is 8.62. The zero-order valence-electron chi connectivity index (χ0n) is 7.59. The van der Waals surface area contributed by atoms with Crippen LogP contribution in [0.3, 0.4) is 0 Å². The molecule has 0 spiro atoms. The number of rotatable bonds is 2. The minimum absolute atomic E-state index is 0.587. The first-order valence-electron chi connectivity index (χ1n) is 4.33. The lowest BCUT2D eigenvalue weighted by Crippen LogP contribution is -2.02. The molecule has 0 aliphatic carbocycles. The van der Waals surface area contributed by atoms with Crippen molar-refractivity contribution in [3.05, 3.63) is 47.8 Å². The lowest BCUT2D eigenvalue weighted by Gasteiger charge is -2.01. The topological polar surface area (TPSA) is 64.7 Å². The maximum atomic E-state index is 5.70. The van der Waals surface area contributed by atoms with Gasteiger partial charge in [-0.3, -0.25) is 0 Å². The largest absolute Gasteiger partial charge is 0.396 e. The summed E-state index contributed by atoms with van der Waals surface area (Å²) in [5, 5.41) is 11.0. The van der Waals surface area contributed by atoms with Crippen LogP contribution >= 0.6 is 0 Å². The van der Waals surface area contributed by atoms with Gasteiger partial charge in [-0.25, -0.2) is 0 Å². The maximum absolute atomic E-state index is 5.70. The van der Waals surface area contributed by atoms with Crippen LogP contribution in [0.2, 0.25) is 0 Å². The molecule has 1 heterocycles. The summed E-state index contributed by atoms with van der Waals surface area (Å²) in [4.78, 5) is 0. The van der Waals surface area contributed by atoms with Crippen LogP contribution in [0.5, 0.6) is 0 Å². The fourth-order valence-electron chi connectivity index (χ4n) is 1.23. The molecule has 0 fully saturated rings. The highest BCUT2D eigenvalue weighted by molar-refractivity contribution is 5.41. The Balaban J connectivity index is 2.24. The Morgan fingerprint density at radius 3 is 2.64 bits per heavy atom. The molecule has 1 aromatic carbocycles. The number of nitrogen functional groups attached to an aromatic ring is 1. The fourth-order valence-corrected chi connectivity index (χ4v) is 1.23. The van der Waals surface area contributed by atoms with Gasteiger partial charge in [0.25, 0.3) is 0 Å². The van der Waals surface area contributed by atoms with Crippen LogP contribution in [-0.4, -0.2) is 15.4 Å². The van der Waals surface area contributed by atoms with E-state index < -0.39 is 0 Å². The normalized spacial score (nSPS) is 10.0. The predicted molar refractivity (Wildman–Crippen MR) is 53.5 cm³/mol. The predicted octanol–water partition coefficient (Wildman–Crippen LogP) is 1.04. The van der Waals surface area contributed by atoms with E-state index in [-0.39, 0.29) is 0 Å². The quantitative estimate of drug-likeness (QED) is 0.761. The number of benzene rings is 1. The molecule has 0 unspecified atom stereocenters. The first-order valence-corrected chi connectivity index (χ1v) is 4.33. The molecule has 0 aliphatic heterocycles. The zero-order valence-corrected chi connectivity index (χ0v) is 7.59. The average Bonchev–Trinajstić information content (AvgIpc) is 2.23. The lowest BCUT2D eigenvalue weighted by molar-refractivity contribution is 0.825. The molecule has 0 saturated carbocycles. The number of nitrogens with two attached hydrogens (primary N) is 1. The highest BCUT2D eigenvalue weighted by Gasteiger charge is 2.01. The van der Waals surface area contributed by atoms with E-state index in [1.54, 1.807) is 0 Å². The third-order valence-corrected chi connectivity index (χ3v) is 1.96. The molecule has 0 bridgehead atoms. The highest BCUT2D eigenvalue weighted by Crippen LogP contribution is 2.10. The van der Waals surface area contributed by atoms with Crippen molar-refractivity contribution in [2.75, 3.05) is 5.73 Å². The SMILES string of the molecule is Nc1cnnnc1Cc1ccccc1. The van der Waals surface area contributed by atoms with E-state index in [0.717, 1.165) is 5.69 Å². The number of hydrogen-bond donors (Lipinski definition) is 1. The van der Waals surface area contributed by atoms with Gasteiger partial charge in [-0.15, -0.1) is 10.2 Å². The maximum Gasteiger partial charge on any atom is 0.0937 e. The Bertz CT molecular complexity index is 413. The van der Waals surface area contributed by atoms with Gasteiger partial charge in [0.05, 0.1) is 17.6 Å². The molecule has 70 valence electrons. The first-order chi connectivity index (χ1) is 6.86. The van der Waals surface area contributed by atoms with Crippen molar-refractivity contribution >= 4 is 5.69 Å². The second-order valence-corrected chi connectivity index (χ2v) is 3.00. The van der Waals surface area contributed by atoms with E-state index in [1.807, 2.05) is 30.3 Å². The summed E-state index contributed by atoms with van der Waals surface area (Å²) in [6.07, 6.45) is 2.22. The van der Waals surface area contributed by atoms with Crippen molar-refractivity contribution in [1.29, 1.82) is 0 Å². The van der Waals surface area contributed by atoms with E-state index in [0.29, 0.717) is 12.1 Å². The van der Waals surface area contributed by atoms with Crippen molar-refractivity contribution in [2.45, 2.75) is 6.42 Å². The monoisotopic (exact) mass is 186 g/mol. The second kappa shape index (κ2) is 3.83. The van der Waals surface area contributed by atoms with Gasteiger partial charge in [0, 0.05) is 6.42 Å². The summed E-state index contributed by atoms with van der Waals surface area (Å²) >= 11 is 0. The van der Waals surface area contributed by atoms with Crippen LogP contribution < -0.4 is 5.73 Å². The van der Waals surface area contributed by atoms with Crippen molar-refractivity contribution in [2.24, 2.45) is 0 Å². The Hall–Kier alpha value is -1.97. The molecule has 0 amide bonds. The molecule has 2 N–H and O–H groups in total. The summed E-state index contributed by atoms with van der Waals surface area (Å²) < 4.78 is 0. The van der Waals surface area contributed by atoms with E-state index in [1.165, 1.54) is 11.8 Å². The van der Waals surface area contributed by atoms with Gasteiger partial charge >= 0.3 is 0 Å². The molecule has 4 heteroatoms. The van der Waals surface area contributed by atoms with Crippen LogP contribution in [0, 0.1) is 0 Å². The van der Waals surface area contributed by atoms with Crippen molar-refractivity contribution < 1.29 is 0 Å². The van der Waals surface area contributed by atoms with Gasteiger partial charge in [-0.05, 0) is 10.8 Å². The summed E-state index contributed by atoms with van der Waals surface area (Å²) in [6, 6.07) is 10.0. The molecule has 1 aromatic heterocycles. The lowest BCUT2D eigenvalue weighted by atomic mass is 10.1. The molecule has 0 radical (unpaired) electrons. The van der Waals surface area contributed by atoms with Crippen molar-refractivity contribution in [3.8, 4) is 0 Å². The summed E-state index contributed by atoms with van der Waals surface area (Å²) in [5.74, 6) is 0. The van der Waals surface area contributed by atoms with Crippen LogP contribution in [0.4, 0.5) is 5.69 Å². The molecule has 2 rings (SSSR count). The van der Waals surface area contributed by atoms with Crippen LogP contribution in [0.15, 0.2) is 36.5 Å². The molecule has 2 aromatic rings. The molecule has 0 atom stereocenters. The average molecular weight is 186 g/mol. The van der Waals surface area contributed by atoms with Gasteiger partial charge in [-0.2, -0.15) is 0 Å². The number of aromatic nitrogens is 3. The summed E-state index contributed by atoms with van der Waals surface area (Å²) in [5.41, 5.74) is 8.23. The van der Waals surface area contributed by atoms with E-state index in [2.05, 4.69) is 15.4 Å². The smallest absolute Gasteiger partial charge is 0.0937 e. The standard InChI is InChI=1S/C10H10N4/c11-9-7-12-14-13-10(9)6-8-4-2-1-3-5-8/h1-5,7H,6H2,(H2,11,14). The molecular formula is C10H10N4. The molecular weight excluding hydrogens is 176 g/mol. The van der Waals surface area contributed by atoms with E-state index in [9.17, 15) is 0 Å². The minimum atomic E-state index is 0.587.